The van der Waals surface area contributed by atoms with E-state index < -0.39 is 5.91 Å². The van der Waals surface area contributed by atoms with Crippen molar-refractivity contribution in [2.45, 2.75) is 13.8 Å². The normalized spacial score (nSPS) is 10.6. The van der Waals surface area contributed by atoms with Crippen LogP contribution in [0, 0.1) is 13.8 Å². The van der Waals surface area contributed by atoms with Crippen LogP contribution in [-0.2, 0) is 4.79 Å². The van der Waals surface area contributed by atoms with Crippen molar-refractivity contribution < 1.29 is 14.3 Å². The van der Waals surface area contributed by atoms with E-state index in [1.165, 1.54) is 7.11 Å². The fourth-order valence-electron chi connectivity index (χ4n) is 1.98. The number of primary amides is 1. The zero-order valence-electron chi connectivity index (χ0n) is 13.7. The molecule has 126 valence electrons. The molecule has 0 unspecified atom stereocenters. The zero-order chi connectivity index (χ0) is 17.5. The molecular weight excluding hydrogens is 310 g/mol. The predicted molar refractivity (Wildman–Crippen MR) is 90.4 cm³/mol. The Bertz CT molecular complexity index is 741. The second-order valence-corrected chi connectivity index (χ2v) is 5.01. The number of nitrogens with zero attached hydrogens (tertiary/aromatic N) is 3. The van der Waals surface area contributed by atoms with Gasteiger partial charge in [-0.3, -0.25) is 4.79 Å². The highest BCUT2D eigenvalue weighted by molar-refractivity contribution is 5.81. The molecule has 1 aromatic carbocycles. The summed E-state index contributed by atoms with van der Waals surface area (Å²) < 4.78 is 10.5. The molecule has 1 aromatic heterocycles. The van der Waals surface area contributed by atoms with Crippen molar-refractivity contribution in [3.63, 3.8) is 0 Å². The van der Waals surface area contributed by atoms with Gasteiger partial charge < -0.3 is 15.2 Å². The third-order valence-electron chi connectivity index (χ3n) is 2.92. The van der Waals surface area contributed by atoms with Gasteiger partial charge in [0.05, 0.1) is 13.3 Å². The lowest BCUT2D eigenvalue weighted by atomic mass is 10.2. The van der Waals surface area contributed by atoms with Gasteiger partial charge in [-0.25, -0.2) is 15.4 Å². The summed E-state index contributed by atoms with van der Waals surface area (Å²) in [5, 5.41) is 4.10. The lowest BCUT2D eigenvalue weighted by molar-refractivity contribution is -0.119. The topological polar surface area (TPSA) is 112 Å². The molecule has 24 heavy (non-hydrogen) atoms. The minimum absolute atomic E-state index is 0.231. The maximum Gasteiger partial charge on any atom is 0.255 e. The molecule has 0 spiro atoms. The van der Waals surface area contributed by atoms with Crippen LogP contribution < -0.4 is 20.6 Å². The Kier molecular flexibility index (Phi) is 5.67. The summed E-state index contributed by atoms with van der Waals surface area (Å²) >= 11 is 0. The lowest BCUT2D eigenvalue weighted by Crippen LogP contribution is -2.20. The van der Waals surface area contributed by atoms with Gasteiger partial charge in [-0.15, -0.1) is 0 Å². The Labute approximate surface area is 139 Å². The highest BCUT2D eigenvalue weighted by Gasteiger charge is 2.06. The van der Waals surface area contributed by atoms with Crippen LogP contribution in [0.1, 0.15) is 17.0 Å². The van der Waals surface area contributed by atoms with Gasteiger partial charge in [-0.2, -0.15) is 5.10 Å². The Morgan fingerprint density at radius 3 is 2.58 bits per heavy atom. The van der Waals surface area contributed by atoms with Crippen molar-refractivity contribution in [1.29, 1.82) is 0 Å². The number of hydrogen-bond donors (Lipinski definition) is 2. The second kappa shape index (κ2) is 7.91. The number of nitrogens with one attached hydrogen (secondary N) is 1. The number of hydrogen-bond acceptors (Lipinski definition) is 7. The van der Waals surface area contributed by atoms with Gasteiger partial charge in [-0.05, 0) is 43.7 Å². The number of anilines is 1. The summed E-state index contributed by atoms with van der Waals surface area (Å²) in [5.41, 5.74) is 10.3. The van der Waals surface area contributed by atoms with Crippen molar-refractivity contribution in [3.8, 4) is 11.5 Å². The van der Waals surface area contributed by atoms with Crippen LogP contribution in [0.25, 0.3) is 0 Å². The van der Waals surface area contributed by atoms with Gasteiger partial charge >= 0.3 is 0 Å². The van der Waals surface area contributed by atoms with Crippen molar-refractivity contribution in [2.75, 3.05) is 19.1 Å². The lowest BCUT2D eigenvalue weighted by Gasteiger charge is -2.09. The van der Waals surface area contributed by atoms with Crippen LogP contribution in [0.5, 0.6) is 11.5 Å². The van der Waals surface area contributed by atoms with E-state index in [1.807, 2.05) is 19.9 Å². The summed E-state index contributed by atoms with van der Waals surface area (Å²) in [5.74, 6) is 0.758. The van der Waals surface area contributed by atoms with Crippen LogP contribution in [-0.4, -0.2) is 35.8 Å². The fraction of sp³-hybridized carbons (Fsp3) is 0.250. The first-order chi connectivity index (χ1) is 11.5. The molecule has 0 saturated heterocycles. The monoisotopic (exact) mass is 329 g/mol. The quantitative estimate of drug-likeness (QED) is 0.587. The Morgan fingerprint density at radius 2 is 1.96 bits per heavy atom. The average Bonchev–Trinajstić information content (AvgIpc) is 2.52. The van der Waals surface area contributed by atoms with Crippen LogP contribution in [0.4, 0.5) is 5.95 Å². The molecule has 0 aliphatic heterocycles. The number of carbonyl (C=O) groups is 1. The molecule has 1 amide bonds. The van der Waals surface area contributed by atoms with Crippen LogP contribution in [0.2, 0.25) is 0 Å². The minimum atomic E-state index is -0.565. The van der Waals surface area contributed by atoms with Crippen LogP contribution >= 0.6 is 0 Å². The van der Waals surface area contributed by atoms with Crippen LogP contribution in [0.15, 0.2) is 29.4 Å². The van der Waals surface area contributed by atoms with Crippen molar-refractivity contribution >= 4 is 18.1 Å². The van der Waals surface area contributed by atoms with E-state index in [-0.39, 0.29) is 6.61 Å². The Balaban J connectivity index is 2.10. The maximum atomic E-state index is 10.8. The van der Waals surface area contributed by atoms with E-state index in [0.29, 0.717) is 17.4 Å². The van der Waals surface area contributed by atoms with E-state index in [4.69, 9.17) is 15.2 Å². The number of nitrogens with two attached hydrogens (primary N) is 1. The van der Waals surface area contributed by atoms with E-state index in [1.54, 1.807) is 24.4 Å². The number of aromatic nitrogens is 2. The standard InChI is InChI=1S/C16H19N5O3/c1-10-6-11(2)20-16(19-10)21-18-8-12-4-5-13(23-3)14(7-12)24-9-15(17)22/h4-8H,9H2,1-3H3,(H2,17,22)(H,19,20,21). The van der Waals surface area contributed by atoms with Crippen LogP contribution in [0.3, 0.4) is 0 Å². The summed E-state index contributed by atoms with van der Waals surface area (Å²) in [7, 11) is 1.51. The summed E-state index contributed by atoms with van der Waals surface area (Å²) in [6.07, 6.45) is 1.58. The molecule has 3 N–H and O–H groups in total. The molecule has 0 radical (unpaired) electrons. The largest absolute Gasteiger partial charge is 0.493 e. The predicted octanol–water partition coefficient (Wildman–Crippen LogP) is 1.41. The van der Waals surface area contributed by atoms with E-state index in [9.17, 15) is 4.79 Å². The summed E-state index contributed by atoms with van der Waals surface area (Å²) in [6.45, 7) is 3.54. The van der Waals surface area contributed by atoms with E-state index in [0.717, 1.165) is 17.0 Å². The molecule has 1 heterocycles. The van der Waals surface area contributed by atoms with Crippen molar-refractivity contribution in [3.05, 3.63) is 41.2 Å². The highest BCUT2D eigenvalue weighted by atomic mass is 16.5. The molecule has 2 aromatic rings. The minimum Gasteiger partial charge on any atom is -0.493 e. The van der Waals surface area contributed by atoms with E-state index >= 15 is 0 Å². The number of carbonyl (C=O) groups excluding carboxylic acids is 1. The van der Waals surface area contributed by atoms with Crippen molar-refractivity contribution in [1.82, 2.24) is 9.97 Å². The molecule has 8 nitrogen and oxygen atoms in total. The third-order valence-corrected chi connectivity index (χ3v) is 2.92. The zero-order valence-corrected chi connectivity index (χ0v) is 13.7. The SMILES string of the molecule is COc1ccc(C=NNc2nc(C)cc(C)n2)cc1OCC(N)=O. The smallest absolute Gasteiger partial charge is 0.255 e. The maximum absolute atomic E-state index is 10.8. The Morgan fingerprint density at radius 1 is 1.25 bits per heavy atom. The van der Waals surface area contributed by atoms with Gasteiger partial charge in [0.25, 0.3) is 5.91 Å². The number of ether oxygens (including phenoxy) is 2. The number of rotatable bonds is 7. The molecule has 8 heteroatoms. The molecule has 2 rings (SSSR count). The number of methoxy groups -OCH3 is 1. The number of hydrazone groups is 1. The number of benzene rings is 1. The molecule has 0 saturated carbocycles. The first-order valence-electron chi connectivity index (χ1n) is 7.18. The first kappa shape index (κ1) is 17.2. The first-order valence-corrected chi connectivity index (χ1v) is 7.18. The molecular formula is C16H19N5O3. The van der Waals surface area contributed by atoms with Gasteiger partial charge in [0, 0.05) is 11.4 Å². The van der Waals surface area contributed by atoms with Gasteiger partial charge in [0.15, 0.2) is 18.1 Å². The molecule has 0 atom stereocenters. The molecule has 0 aliphatic rings. The fourth-order valence-corrected chi connectivity index (χ4v) is 1.98. The highest BCUT2D eigenvalue weighted by Crippen LogP contribution is 2.27. The third kappa shape index (κ3) is 4.94. The van der Waals surface area contributed by atoms with Gasteiger partial charge in [-0.1, -0.05) is 0 Å². The second-order valence-electron chi connectivity index (χ2n) is 5.01. The number of amides is 1. The van der Waals surface area contributed by atoms with Gasteiger partial charge in [0.1, 0.15) is 0 Å². The molecule has 0 aliphatic carbocycles. The molecule has 0 bridgehead atoms. The van der Waals surface area contributed by atoms with E-state index in [2.05, 4.69) is 20.5 Å². The van der Waals surface area contributed by atoms with Gasteiger partial charge in [0.2, 0.25) is 5.95 Å². The summed E-state index contributed by atoms with van der Waals surface area (Å²) in [6, 6.07) is 7.07. The number of aryl methyl sites for hydroxylation is 2. The summed E-state index contributed by atoms with van der Waals surface area (Å²) in [4.78, 5) is 19.3. The van der Waals surface area contributed by atoms with Crippen molar-refractivity contribution in [2.24, 2.45) is 10.8 Å². The molecule has 0 fully saturated rings. The Hall–Kier alpha value is -3.16. The average molecular weight is 329 g/mol.